The molecule has 1 aromatic rings. The Morgan fingerprint density at radius 2 is 1.37 bits per heavy atom. The van der Waals surface area contributed by atoms with Crippen molar-refractivity contribution >= 4 is 26.1 Å². The second-order valence-electron chi connectivity index (χ2n) is 4.44. The molecule has 16 heteroatoms. The fourth-order valence-corrected chi connectivity index (χ4v) is 3.59. The summed E-state index contributed by atoms with van der Waals surface area (Å²) >= 11 is 0. The van der Waals surface area contributed by atoms with Crippen molar-refractivity contribution in [1.29, 1.82) is 0 Å². The Bertz CT molecular complexity index is 889. The number of benzene rings is 1. The molecule has 0 aromatic heterocycles. The first-order valence-corrected chi connectivity index (χ1v) is 8.95. The monoisotopic (exact) mass is 439 g/mol. The summed E-state index contributed by atoms with van der Waals surface area (Å²) in [6.07, 6.45) is -4.68. The Labute approximate surface area is 162 Å². The van der Waals surface area contributed by atoms with E-state index >= 15 is 0 Å². The summed E-state index contributed by atoms with van der Waals surface area (Å²) in [7, 11) is -14.0. The molecule has 0 amide bonds. The Kier molecular flexibility index (Phi) is 7.62. The Morgan fingerprint density at radius 1 is 0.926 bits per heavy atom. The van der Waals surface area contributed by atoms with Crippen LogP contribution in [0.15, 0.2) is 30.8 Å². The van der Waals surface area contributed by atoms with Crippen molar-refractivity contribution in [1.82, 2.24) is 4.13 Å². The van der Waals surface area contributed by atoms with Gasteiger partial charge < -0.3 is 6.16 Å². The molecule has 0 saturated carbocycles. The number of nitrogens with one attached hydrogen (secondary N) is 1. The van der Waals surface area contributed by atoms with Crippen molar-refractivity contribution in [2.24, 2.45) is 0 Å². The third kappa shape index (κ3) is 5.38. The fourth-order valence-electron chi connectivity index (χ4n) is 1.28. The Morgan fingerprint density at radius 3 is 1.74 bits per heavy atom. The largest absolute Gasteiger partial charge is 1.00 e. The quantitative estimate of drug-likeness (QED) is 0.469. The number of hydrogen-bond donors (Lipinski definition) is 1. The molecule has 1 rings (SSSR count). The van der Waals surface area contributed by atoms with E-state index in [1.807, 2.05) is 0 Å². The Balaban J connectivity index is 0. The molecule has 0 fully saturated rings. The third-order valence-corrected chi connectivity index (χ3v) is 5.84. The molecule has 0 aliphatic rings. The fraction of sp³-hybridized carbons (Fsp3) is 0.273. The summed E-state index contributed by atoms with van der Waals surface area (Å²) in [6.45, 7) is 3.32. The van der Waals surface area contributed by atoms with Crippen LogP contribution in [0.5, 0.6) is 5.75 Å². The molecule has 0 aliphatic heterocycles. The van der Waals surface area contributed by atoms with Crippen LogP contribution in [-0.2, 0) is 20.0 Å². The van der Waals surface area contributed by atoms with E-state index in [1.54, 1.807) is 0 Å². The van der Waals surface area contributed by atoms with Crippen molar-refractivity contribution in [2.45, 2.75) is 16.9 Å². The smallest absolute Gasteiger partial charge is 1.00 e. The van der Waals surface area contributed by atoms with Gasteiger partial charge in [-0.2, -0.15) is 30.7 Å². The molecule has 6 nitrogen and oxygen atoms in total. The van der Waals surface area contributed by atoms with Gasteiger partial charge in [0, 0.05) is 0 Å². The first-order chi connectivity index (χ1) is 11.5. The van der Waals surface area contributed by atoms with Gasteiger partial charge in [0.15, 0.2) is 0 Å². The summed E-state index contributed by atoms with van der Waals surface area (Å²) < 4.78 is 137. The van der Waals surface area contributed by atoms with E-state index in [9.17, 15) is 47.6 Å². The molecule has 0 saturated heterocycles. The van der Waals surface area contributed by atoms with Gasteiger partial charge in [-0.3, -0.25) is 0 Å². The molecule has 150 valence electrons. The molecule has 0 unspecified atom stereocenters. The maximum atomic E-state index is 13.6. The van der Waals surface area contributed by atoms with E-state index in [0.717, 1.165) is 12.1 Å². The van der Waals surface area contributed by atoms with Crippen LogP contribution in [0.4, 0.5) is 30.7 Å². The molecule has 0 spiro atoms. The summed E-state index contributed by atoms with van der Waals surface area (Å²) in [6, 6.07) is 3.57. The van der Waals surface area contributed by atoms with Crippen molar-refractivity contribution in [3.8, 4) is 5.75 Å². The molecule has 1 N–H and O–H groups in total. The number of halogens is 7. The van der Waals surface area contributed by atoms with Gasteiger partial charge in [-0.25, -0.2) is 16.8 Å². The minimum absolute atomic E-state index is 0. The van der Waals surface area contributed by atoms with Gasteiger partial charge in [0.2, 0.25) is 0 Å². The molecule has 1 aromatic carbocycles. The van der Waals surface area contributed by atoms with Gasteiger partial charge in [0.05, 0.1) is 0 Å². The van der Waals surface area contributed by atoms with Gasteiger partial charge in [0.1, 0.15) is 5.75 Å². The van der Waals surface area contributed by atoms with Crippen LogP contribution in [0, 0.1) is 0 Å². The molecule has 0 radical (unpaired) electrons. The van der Waals surface area contributed by atoms with E-state index in [0.29, 0.717) is 17.7 Å². The van der Waals surface area contributed by atoms with Gasteiger partial charge in [-0.15, -0.1) is 0 Å². The molecule has 0 atom stereocenters. The molecule has 0 heterocycles. The maximum Gasteiger partial charge on any atom is 1.00 e. The van der Waals surface area contributed by atoms with Crippen molar-refractivity contribution < 1.29 is 72.6 Å². The zero-order valence-corrected chi connectivity index (χ0v) is 14.7. The van der Waals surface area contributed by atoms with Gasteiger partial charge in [-0.1, -0.05) is 28.9 Å². The van der Waals surface area contributed by atoms with E-state index < -0.39 is 46.8 Å². The topological polar surface area (TPSA) is 89.5 Å². The SMILES string of the molecule is C=Cc1ccc(OC(F)(F)C(F)(F)S(=O)(=O)NS(=O)(=O)C(F)(F)F)cc1.[H-].[Li+]. The second-order valence-corrected chi connectivity index (χ2v) is 8.10. The predicted octanol–water partition coefficient (Wildman–Crippen LogP) is -0.221. The zero-order chi connectivity index (χ0) is 20.6. The molecule has 0 bridgehead atoms. The van der Waals surface area contributed by atoms with E-state index in [1.165, 1.54) is 6.08 Å². The maximum absolute atomic E-state index is 13.6. The van der Waals surface area contributed by atoms with Crippen LogP contribution in [0.1, 0.15) is 6.99 Å². The summed E-state index contributed by atoms with van der Waals surface area (Å²) in [4.78, 5) is 0. The minimum Gasteiger partial charge on any atom is -1.00 e. The van der Waals surface area contributed by atoms with Gasteiger partial charge >= 0.3 is 55.8 Å². The number of alkyl halides is 7. The molecule has 27 heavy (non-hydrogen) atoms. The van der Waals surface area contributed by atoms with Crippen molar-refractivity contribution in [3.05, 3.63) is 36.4 Å². The number of ether oxygens (including phenoxy) is 1. The average Bonchev–Trinajstić information content (AvgIpc) is 2.45. The summed E-state index contributed by atoms with van der Waals surface area (Å²) in [5, 5.41) is -6.38. The molecule has 0 aliphatic carbocycles. The standard InChI is InChI=1S/C11H8F7NO5S2.Li.H/c1-2-7-3-5-8(6-4-7)24-9(12,13)10(14,15)25(20,21)19-26(22,23)11(16,17)18;;/h2-6,19H,1H2;;/q;+1;-1. The van der Waals surface area contributed by atoms with Crippen LogP contribution in [-0.4, -0.2) is 33.7 Å². The van der Waals surface area contributed by atoms with Crippen LogP contribution >= 0.6 is 0 Å². The predicted molar refractivity (Wildman–Crippen MR) is 75.2 cm³/mol. The number of rotatable bonds is 7. The van der Waals surface area contributed by atoms with Crippen LogP contribution < -0.4 is 27.7 Å². The van der Waals surface area contributed by atoms with E-state index in [4.69, 9.17) is 0 Å². The number of hydrogen-bond acceptors (Lipinski definition) is 5. The minimum atomic E-state index is -7.07. The average molecular weight is 439 g/mol. The van der Waals surface area contributed by atoms with Crippen molar-refractivity contribution in [2.75, 3.05) is 0 Å². The zero-order valence-electron chi connectivity index (χ0n) is 14.1. The van der Waals surface area contributed by atoms with Crippen LogP contribution in [0.25, 0.3) is 6.08 Å². The molecular formula is C11H9F7LiNO5S2. The first kappa shape index (κ1) is 25.7. The van der Waals surface area contributed by atoms with E-state index in [2.05, 4.69) is 11.3 Å². The second kappa shape index (κ2) is 8.00. The first-order valence-electron chi connectivity index (χ1n) is 5.98. The summed E-state index contributed by atoms with van der Waals surface area (Å²) in [5.74, 6) is -0.978. The summed E-state index contributed by atoms with van der Waals surface area (Å²) in [5.41, 5.74) is -6.00. The van der Waals surface area contributed by atoms with Crippen molar-refractivity contribution in [3.63, 3.8) is 0 Å². The number of sulfonamides is 2. The van der Waals surface area contributed by atoms with Crippen LogP contribution in [0.3, 0.4) is 0 Å². The van der Waals surface area contributed by atoms with E-state index in [-0.39, 0.29) is 20.3 Å². The van der Waals surface area contributed by atoms with Gasteiger partial charge in [-0.05, 0) is 17.7 Å². The van der Waals surface area contributed by atoms with Crippen LogP contribution in [0.2, 0.25) is 0 Å². The normalized spacial score (nSPS) is 13.6. The van der Waals surface area contributed by atoms with Gasteiger partial charge in [0.25, 0.3) is 0 Å². The Hall–Kier alpha value is -1.27. The third-order valence-electron chi connectivity index (χ3n) is 2.56. The molecular weight excluding hydrogens is 430 g/mol.